The number of carbonyl (C=O) groups is 1. The normalized spacial score (nSPS) is 10.9. The molecule has 1 aromatic carbocycles. The van der Waals surface area contributed by atoms with Crippen LogP contribution in [0.1, 0.15) is 11.3 Å². The summed E-state index contributed by atoms with van der Waals surface area (Å²) < 4.78 is 1.48. The SMILES string of the molecule is Cc1ccnn1CC(=O)N/N=C/c1cc(Cl)cc([N+](=O)[O-])c1O. The van der Waals surface area contributed by atoms with Gasteiger partial charge in [0.2, 0.25) is 5.75 Å². The number of benzene rings is 1. The fourth-order valence-corrected chi connectivity index (χ4v) is 1.97. The van der Waals surface area contributed by atoms with Gasteiger partial charge in [0.1, 0.15) is 6.54 Å². The monoisotopic (exact) mass is 337 g/mol. The second-order valence-electron chi connectivity index (χ2n) is 4.54. The Bertz CT molecular complexity index is 787. The fraction of sp³-hybridized carbons (Fsp3) is 0.154. The Morgan fingerprint density at radius 3 is 2.96 bits per heavy atom. The summed E-state index contributed by atoms with van der Waals surface area (Å²) >= 11 is 5.74. The number of aryl methyl sites for hydroxylation is 1. The van der Waals surface area contributed by atoms with Gasteiger partial charge in [0.15, 0.2) is 0 Å². The lowest BCUT2D eigenvalue weighted by atomic mass is 10.2. The van der Waals surface area contributed by atoms with Crippen molar-refractivity contribution in [3.05, 3.63) is 50.8 Å². The van der Waals surface area contributed by atoms with Crippen LogP contribution in [0.2, 0.25) is 5.02 Å². The lowest BCUT2D eigenvalue weighted by molar-refractivity contribution is -0.385. The molecule has 0 bridgehead atoms. The molecule has 9 nitrogen and oxygen atoms in total. The molecule has 0 fully saturated rings. The summed E-state index contributed by atoms with van der Waals surface area (Å²) in [6.07, 6.45) is 2.64. The summed E-state index contributed by atoms with van der Waals surface area (Å²) in [5, 5.41) is 28.2. The minimum Gasteiger partial charge on any atom is -0.502 e. The topological polar surface area (TPSA) is 123 Å². The number of nitro benzene ring substituents is 1. The number of hydrogen-bond acceptors (Lipinski definition) is 6. The predicted molar refractivity (Wildman–Crippen MR) is 82.5 cm³/mol. The van der Waals surface area contributed by atoms with Crippen LogP contribution in [0.5, 0.6) is 5.75 Å². The van der Waals surface area contributed by atoms with E-state index < -0.39 is 22.3 Å². The number of aromatic nitrogens is 2. The van der Waals surface area contributed by atoms with Crippen LogP contribution in [0.4, 0.5) is 5.69 Å². The van der Waals surface area contributed by atoms with Gasteiger partial charge in [0.25, 0.3) is 5.91 Å². The van der Waals surface area contributed by atoms with Crippen LogP contribution in [0, 0.1) is 17.0 Å². The molecule has 0 aliphatic carbocycles. The summed E-state index contributed by atoms with van der Waals surface area (Å²) in [6, 6.07) is 4.06. The molecule has 0 atom stereocenters. The van der Waals surface area contributed by atoms with E-state index in [0.29, 0.717) is 0 Å². The standard InChI is InChI=1S/C13H12ClN5O4/c1-8-2-3-16-18(8)7-12(20)17-15-6-9-4-10(14)5-11(13(9)21)19(22)23/h2-6,21H,7H2,1H3,(H,17,20)/b15-6+. The van der Waals surface area contributed by atoms with Gasteiger partial charge in [-0.15, -0.1) is 0 Å². The summed E-state index contributed by atoms with van der Waals surface area (Å²) in [4.78, 5) is 21.7. The van der Waals surface area contributed by atoms with Crippen LogP contribution in [0.25, 0.3) is 0 Å². The summed E-state index contributed by atoms with van der Waals surface area (Å²) in [5.41, 5.74) is 2.52. The third kappa shape index (κ3) is 4.04. The van der Waals surface area contributed by atoms with E-state index in [9.17, 15) is 20.0 Å². The van der Waals surface area contributed by atoms with Gasteiger partial charge < -0.3 is 5.11 Å². The highest BCUT2D eigenvalue weighted by atomic mass is 35.5. The van der Waals surface area contributed by atoms with Crippen molar-refractivity contribution in [2.24, 2.45) is 5.10 Å². The highest BCUT2D eigenvalue weighted by Crippen LogP contribution is 2.32. The van der Waals surface area contributed by atoms with Crippen LogP contribution in [-0.2, 0) is 11.3 Å². The molecule has 2 aromatic rings. The van der Waals surface area contributed by atoms with E-state index in [1.54, 1.807) is 19.2 Å². The molecule has 0 saturated carbocycles. The zero-order valence-electron chi connectivity index (χ0n) is 11.9. The molecule has 0 aliphatic heterocycles. The first kappa shape index (κ1) is 16.4. The first-order chi connectivity index (χ1) is 10.9. The number of phenolic OH excluding ortho intramolecular Hbond substituents is 1. The summed E-state index contributed by atoms with van der Waals surface area (Å²) in [7, 11) is 0. The Hall–Kier alpha value is -2.94. The van der Waals surface area contributed by atoms with Gasteiger partial charge in [-0.1, -0.05) is 11.6 Å². The van der Waals surface area contributed by atoms with E-state index in [1.807, 2.05) is 0 Å². The van der Waals surface area contributed by atoms with E-state index >= 15 is 0 Å². The minimum absolute atomic E-state index is 0.0137. The number of aromatic hydroxyl groups is 1. The van der Waals surface area contributed by atoms with Gasteiger partial charge >= 0.3 is 5.69 Å². The molecule has 1 heterocycles. The van der Waals surface area contributed by atoms with Gasteiger partial charge in [0.05, 0.1) is 11.1 Å². The van der Waals surface area contributed by atoms with Gasteiger partial charge in [-0.2, -0.15) is 10.2 Å². The Morgan fingerprint density at radius 1 is 1.61 bits per heavy atom. The van der Waals surface area contributed by atoms with Crippen LogP contribution in [0.3, 0.4) is 0 Å². The van der Waals surface area contributed by atoms with E-state index in [1.165, 1.54) is 10.7 Å². The minimum atomic E-state index is -0.766. The summed E-state index contributed by atoms with van der Waals surface area (Å²) in [5.74, 6) is -1.02. The number of carbonyl (C=O) groups excluding carboxylic acids is 1. The van der Waals surface area contributed by atoms with Gasteiger partial charge in [-0.05, 0) is 19.1 Å². The molecule has 1 amide bonds. The van der Waals surface area contributed by atoms with Crippen molar-refractivity contribution in [3.8, 4) is 5.75 Å². The van der Waals surface area contributed by atoms with Gasteiger partial charge in [-0.25, -0.2) is 5.43 Å². The van der Waals surface area contributed by atoms with Crippen molar-refractivity contribution < 1.29 is 14.8 Å². The number of rotatable bonds is 5. The number of nitro groups is 1. The van der Waals surface area contributed by atoms with Crippen LogP contribution >= 0.6 is 11.6 Å². The van der Waals surface area contributed by atoms with Crippen molar-refractivity contribution in [1.82, 2.24) is 15.2 Å². The molecule has 0 radical (unpaired) electrons. The van der Waals surface area contributed by atoms with Gasteiger partial charge in [0, 0.05) is 28.5 Å². The molecular weight excluding hydrogens is 326 g/mol. The Kier molecular flexibility index (Phi) is 4.91. The average molecular weight is 338 g/mol. The van der Waals surface area contributed by atoms with E-state index in [-0.39, 0.29) is 17.1 Å². The van der Waals surface area contributed by atoms with E-state index in [0.717, 1.165) is 18.0 Å². The van der Waals surface area contributed by atoms with Crippen LogP contribution in [-0.4, -0.2) is 31.9 Å². The Morgan fingerprint density at radius 2 is 2.35 bits per heavy atom. The Labute approximate surface area is 135 Å². The van der Waals surface area contributed by atoms with Gasteiger partial charge in [-0.3, -0.25) is 19.6 Å². The first-order valence-electron chi connectivity index (χ1n) is 6.35. The van der Waals surface area contributed by atoms with Crippen molar-refractivity contribution in [1.29, 1.82) is 0 Å². The number of nitrogens with zero attached hydrogens (tertiary/aromatic N) is 4. The Balaban J connectivity index is 2.07. The molecule has 23 heavy (non-hydrogen) atoms. The molecule has 0 aliphatic rings. The molecule has 2 rings (SSSR count). The number of nitrogens with one attached hydrogen (secondary N) is 1. The fourth-order valence-electron chi connectivity index (χ4n) is 1.75. The van der Waals surface area contributed by atoms with Crippen molar-refractivity contribution in [3.63, 3.8) is 0 Å². The third-order valence-corrected chi connectivity index (χ3v) is 3.11. The highest BCUT2D eigenvalue weighted by molar-refractivity contribution is 6.31. The number of hydrazone groups is 1. The molecule has 1 aromatic heterocycles. The first-order valence-corrected chi connectivity index (χ1v) is 6.73. The second-order valence-corrected chi connectivity index (χ2v) is 4.98. The predicted octanol–water partition coefficient (Wildman–Crippen LogP) is 1.61. The molecule has 120 valence electrons. The molecule has 0 spiro atoms. The molecule has 2 N–H and O–H groups in total. The zero-order valence-corrected chi connectivity index (χ0v) is 12.7. The molecular formula is C13H12ClN5O4. The van der Waals surface area contributed by atoms with Crippen molar-refractivity contribution in [2.75, 3.05) is 0 Å². The number of hydrogen-bond donors (Lipinski definition) is 2. The smallest absolute Gasteiger partial charge is 0.312 e. The zero-order chi connectivity index (χ0) is 17.0. The van der Waals surface area contributed by atoms with E-state index in [4.69, 9.17) is 11.6 Å². The lowest BCUT2D eigenvalue weighted by Gasteiger charge is -2.03. The maximum absolute atomic E-state index is 11.7. The maximum Gasteiger partial charge on any atom is 0.312 e. The number of halogens is 1. The van der Waals surface area contributed by atoms with Crippen molar-refractivity contribution in [2.45, 2.75) is 13.5 Å². The molecule has 10 heteroatoms. The largest absolute Gasteiger partial charge is 0.502 e. The highest BCUT2D eigenvalue weighted by Gasteiger charge is 2.17. The third-order valence-electron chi connectivity index (χ3n) is 2.90. The summed E-state index contributed by atoms with van der Waals surface area (Å²) in [6.45, 7) is 1.77. The van der Waals surface area contributed by atoms with Crippen LogP contribution in [0.15, 0.2) is 29.5 Å². The molecule has 0 saturated heterocycles. The number of amides is 1. The quantitative estimate of drug-likeness (QED) is 0.487. The average Bonchev–Trinajstić information content (AvgIpc) is 2.87. The molecule has 0 unspecified atom stereocenters. The van der Waals surface area contributed by atoms with Crippen LogP contribution < -0.4 is 5.43 Å². The lowest BCUT2D eigenvalue weighted by Crippen LogP contribution is -2.24. The van der Waals surface area contributed by atoms with Crippen molar-refractivity contribution >= 4 is 29.4 Å². The maximum atomic E-state index is 11.7. The second kappa shape index (κ2) is 6.88. The van der Waals surface area contributed by atoms with E-state index in [2.05, 4.69) is 15.6 Å². The number of phenols is 1.